The number of ketones is 2. The second-order valence-electron chi connectivity index (χ2n) is 9.12. The number of amides is 1. The van der Waals surface area contributed by atoms with Gasteiger partial charge in [-0.25, -0.2) is 0 Å². The number of carbonyl (C=O) groups is 3. The SMILES string of the molecule is COc1ccc2c(c1)C=C[C@@H]1N2[C@H](C(C)=O)[C@H](C(=O)c2ccccn2)[C@@]12C(=O)Nc1ccccc12. The summed E-state index contributed by atoms with van der Waals surface area (Å²) >= 11 is 0. The van der Waals surface area contributed by atoms with Gasteiger partial charge in [0.25, 0.3) is 0 Å². The zero-order valence-electron chi connectivity index (χ0n) is 19.3. The van der Waals surface area contributed by atoms with Crippen LogP contribution in [0.5, 0.6) is 5.75 Å². The van der Waals surface area contributed by atoms with Gasteiger partial charge in [-0.3, -0.25) is 19.4 Å². The van der Waals surface area contributed by atoms with Crippen molar-refractivity contribution in [1.82, 2.24) is 4.98 Å². The first-order valence-electron chi connectivity index (χ1n) is 11.5. The van der Waals surface area contributed by atoms with E-state index in [1.807, 2.05) is 59.5 Å². The quantitative estimate of drug-likeness (QED) is 0.592. The summed E-state index contributed by atoms with van der Waals surface area (Å²) in [5.41, 5.74) is 1.97. The number of nitrogens with zero attached hydrogens (tertiary/aromatic N) is 2. The van der Waals surface area contributed by atoms with Gasteiger partial charge in [-0.2, -0.15) is 0 Å². The van der Waals surface area contributed by atoms with E-state index in [1.165, 1.54) is 6.92 Å². The maximum atomic E-state index is 14.2. The van der Waals surface area contributed by atoms with Crippen molar-refractivity contribution >= 4 is 34.9 Å². The van der Waals surface area contributed by atoms with E-state index >= 15 is 0 Å². The summed E-state index contributed by atoms with van der Waals surface area (Å²) in [5.74, 6) is -1.08. The Morgan fingerprint density at radius 3 is 2.63 bits per heavy atom. The zero-order valence-corrected chi connectivity index (χ0v) is 19.3. The van der Waals surface area contributed by atoms with E-state index in [2.05, 4.69) is 10.3 Å². The highest BCUT2D eigenvalue weighted by molar-refractivity contribution is 6.16. The minimum atomic E-state index is -1.30. The highest BCUT2D eigenvalue weighted by Crippen LogP contribution is 2.57. The molecule has 2 aromatic carbocycles. The van der Waals surface area contributed by atoms with Crippen molar-refractivity contribution < 1.29 is 19.1 Å². The van der Waals surface area contributed by atoms with Crippen LogP contribution in [0.15, 0.2) is 72.9 Å². The first-order chi connectivity index (χ1) is 17.0. The molecule has 0 unspecified atom stereocenters. The number of hydrogen-bond acceptors (Lipinski definition) is 6. The van der Waals surface area contributed by atoms with Gasteiger partial charge in [0.15, 0.2) is 11.6 Å². The van der Waals surface area contributed by atoms with Crippen LogP contribution >= 0.6 is 0 Å². The number of para-hydroxylation sites is 1. The molecule has 3 aliphatic rings. The van der Waals surface area contributed by atoms with Gasteiger partial charge in [0.2, 0.25) is 5.91 Å². The molecule has 6 rings (SSSR count). The molecule has 7 heteroatoms. The van der Waals surface area contributed by atoms with Crippen molar-refractivity contribution in [3.63, 3.8) is 0 Å². The zero-order chi connectivity index (χ0) is 24.3. The number of carbonyl (C=O) groups excluding carboxylic acids is 3. The topological polar surface area (TPSA) is 88.6 Å². The highest BCUT2D eigenvalue weighted by atomic mass is 16.5. The lowest BCUT2D eigenvalue weighted by Gasteiger charge is -2.37. The van der Waals surface area contributed by atoms with Crippen LogP contribution in [0.1, 0.15) is 28.5 Å². The lowest BCUT2D eigenvalue weighted by atomic mass is 9.64. The van der Waals surface area contributed by atoms with Crippen molar-refractivity contribution in [2.45, 2.75) is 24.4 Å². The normalized spacial score (nSPS) is 25.6. The molecule has 0 aliphatic carbocycles. The molecule has 3 aromatic rings. The third-order valence-corrected chi connectivity index (χ3v) is 7.46. The van der Waals surface area contributed by atoms with E-state index in [0.29, 0.717) is 11.4 Å². The molecule has 1 spiro atoms. The fraction of sp³-hybridized carbons (Fsp3) is 0.214. The Labute approximate surface area is 202 Å². The van der Waals surface area contributed by atoms with Crippen molar-refractivity contribution in [3.05, 3.63) is 89.8 Å². The summed E-state index contributed by atoms with van der Waals surface area (Å²) in [6.45, 7) is 1.49. The van der Waals surface area contributed by atoms with Gasteiger partial charge in [0.05, 0.1) is 25.1 Å². The number of aromatic nitrogens is 1. The summed E-state index contributed by atoms with van der Waals surface area (Å²) in [6.07, 6.45) is 5.43. The van der Waals surface area contributed by atoms with Crippen LogP contribution < -0.4 is 15.0 Å². The van der Waals surface area contributed by atoms with Crippen LogP contribution in [-0.2, 0) is 15.0 Å². The Balaban J connectivity index is 1.65. The van der Waals surface area contributed by atoms with E-state index in [4.69, 9.17) is 4.74 Å². The van der Waals surface area contributed by atoms with Gasteiger partial charge in [0, 0.05) is 23.1 Å². The molecular formula is C28H23N3O4. The average molecular weight is 466 g/mol. The molecule has 1 saturated heterocycles. The second-order valence-corrected chi connectivity index (χ2v) is 9.12. The second kappa shape index (κ2) is 7.63. The van der Waals surface area contributed by atoms with Crippen LogP contribution in [0.2, 0.25) is 0 Å². The number of fused-ring (bicyclic) bond motifs is 6. The number of benzene rings is 2. The fourth-order valence-electron chi connectivity index (χ4n) is 6.11. The van der Waals surface area contributed by atoms with E-state index < -0.39 is 23.4 Å². The maximum absolute atomic E-state index is 14.2. The summed E-state index contributed by atoms with van der Waals surface area (Å²) < 4.78 is 5.39. The number of anilines is 2. The Morgan fingerprint density at radius 2 is 1.89 bits per heavy atom. The number of nitrogens with one attached hydrogen (secondary N) is 1. The van der Waals surface area contributed by atoms with E-state index in [9.17, 15) is 14.4 Å². The van der Waals surface area contributed by atoms with Gasteiger partial charge >= 0.3 is 0 Å². The number of pyridine rings is 1. The first kappa shape index (κ1) is 21.3. The van der Waals surface area contributed by atoms with Gasteiger partial charge < -0.3 is 15.0 Å². The van der Waals surface area contributed by atoms with Gasteiger partial charge in [-0.15, -0.1) is 0 Å². The molecule has 1 fully saturated rings. The molecular weight excluding hydrogens is 442 g/mol. The third-order valence-electron chi connectivity index (χ3n) is 7.46. The van der Waals surface area contributed by atoms with Crippen molar-refractivity contribution in [2.24, 2.45) is 5.92 Å². The Hall–Kier alpha value is -4.26. The molecule has 35 heavy (non-hydrogen) atoms. The molecule has 4 atom stereocenters. The van der Waals surface area contributed by atoms with Crippen molar-refractivity contribution in [1.29, 1.82) is 0 Å². The van der Waals surface area contributed by atoms with Crippen LogP contribution in [0.3, 0.4) is 0 Å². The smallest absolute Gasteiger partial charge is 0.238 e. The fourth-order valence-corrected chi connectivity index (χ4v) is 6.11. The van der Waals surface area contributed by atoms with Gasteiger partial charge in [-0.1, -0.05) is 36.4 Å². The highest BCUT2D eigenvalue weighted by Gasteiger charge is 2.70. The molecule has 3 aliphatic heterocycles. The standard InChI is InChI=1S/C28H23N3O4/c1-16(32)25-24(26(33)21-9-5-6-14-29-21)28(19-7-3-4-8-20(19)30-27(28)34)23-13-10-17-15-18(35-2)11-12-22(17)31(23)25/h3-15,23-25H,1-2H3,(H,30,34)/t23-,24+,25+,28-/m0/s1. The molecule has 174 valence electrons. The molecule has 0 saturated carbocycles. The van der Waals surface area contributed by atoms with Crippen molar-refractivity contribution in [3.8, 4) is 5.75 Å². The molecule has 0 radical (unpaired) electrons. The number of hydrogen-bond donors (Lipinski definition) is 1. The molecule has 0 bridgehead atoms. The summed E-state index contributed by atoms with van der Waals surface area (Å²) in [7, 11) is 1.60. The van der Waals surface area contributed by atoms with E-state index in [0.717, 1.165) is 16.8 Å². The minimum absolute atomic E-state index is 0.185. The average Bonchev–Trinajstić information content (AvgIpc) is 3.36. The third kappa shape index (κ3) is 2.78. The van der Waals surface area contributed by atoms with Crippen LogP contribution in [0.25, 0.3) is 6.08 Å². The molecule has 1 amide bonds. The predicted molar refractivity (Wildman–Crippen MR) is 132 cm³/mol. The minimum Gasteiger partial charge on any atom is -0.497 e. The van der Waals surface area contributed by atoms with Crippen LogP contribution in [0.4, 0.5) is 11.4 Å². The monoisotopic (exact) mass is 465 g/mol. The lowest BCUT2D eigenvalue weighted by Crippen LogP contribution is -2.51. The Morgan fingerprint density at radius 1 is 1.09 bits per heavy atom. The lowest BCUT2D eigenvalue weighted by molar-refractivity contribution is -0.122. The Bertz CT molecular complexity index is 1420. The maximum Gasteiger partial charge on any atom is 0.238 e. The number of methoxy groups -OCH3 is 1. The predicted octanol–water partition coefficient (Wildman–Crippen LogP) is 3.65. The summed E-state index contributed by atoms with van der Waals surface area (Å²) in [6, 6.07) is 16.7. The molecule has 7 nitrogen and oxygen atoms in total. The van der Waals surface area contributed by atoms with E-state index in [-0.39, 0.29) is 23.2 Å². The number of ether oxygens (including phenoxy) is 1. The van der Waals surface area contributed by atoms with Gasteiger partial charge in [-0.05, 0) is 48.9 Å². The molecule has 4 heterocycles. The van der Waals surface area contributed by atoms with Gasteiger partial charge in [0.1, 0.15) is 16.9 Å². The summed E-state index contributed by atoms with van der Waals surface area (Å²) in [5, 5.41) is 3.00. The number of Topliss-reactive ketones (excluding diaryl/α,β-unsaturated/α-hetero) is 2. The van der Waals surface area contributed by atoms with Crippen LogP contribution in [-0.4, -0.2) is 41.7 Å². The molecule has 1 aromatic heterocycles. The first-order valence-corrected chi connectivity index (χ1v) is 11.5. The van der Waals surface area contributed by atoms with Crippen LogP contribution in [0, 0.1) is 5.92 Å². The number of rotatable bonds is 4. The Kier molecular flexibility index (Phi) is 4.64. The largest absolute Gasteiger partial charge is 0.497 e. The van der Waals surface area contributed by atoms with E-state index in [1.54, 1.807) is 31.5 Å². The van der Waals surface area contributed by atoms with Crippen molar-refractivity contribution in [2.75, 3.05) is 17.3 Å². The summed E-state index contributed by atoms with van der Waals surface area (Å²) in [4.78, 5) is 47.7. The molecule has 1 N–H and O–H groups in total.